The van der Waals surface area contributed by atoms with Crippen molar-refractivity contribution < 1.29 is 28.6 Å². The molecule has 0 radical (unpaired) electrons. The van der Waals surface area contributed by atoms with Gasteiger partial charge in [-0.3, -0.25) is 14.4 Å². The summed E-state index contributed by atoms with van der Waals surface area (Å²) in [6.07, 6.45) is 70.3. The molecule has 0 aliphatic carbocycles. The second-order valence-electron chi connectivity index (χ2n) is 18.8. The Morgan fingerprint density at radius 3 is 0.940 bits per heavy atom. The minimum atomic E-state index is -0.791. The summed E-state index contributed by atoms with van der Waals surface area (Å²) in [4.78, 5) is 38.1. The van der Waals surface area contributed by atoms with Gasteiger partial charge in [-0.15, -0.1) is 0 Å². The zero-order valence-electron chi connectivity index (χ0n) is 44.2. The highest BCUT2D eigenvalue weighted by atomic mass is 16.6. The Labute approximate surface area is 414 Å². The van der Waals surface area contributed by atoms with Crippen molar-refractivity contribution in [3.8, 4) is 0 Å². The van der Waals surface area contributed by atoms with Gasteiger partial charge in [0.15, 0.2) is 6.10 Å². The lowest BCUT2D eigenvalue weighted by Gasteiger charge is -2.18. The smallest absolute Gasteiger partial charge is 0.306 e. The zero-order valence-corrected chi connectivity index (χ0v) is 44.2. The fourth-order valence-corrected chi connectivity index (χ4v) is 7.89. The topological polar surface area (TPSA) is 78.9 Å². The maximum atomic E-state index is 12.8. The summed E-state index contributed by atoms with van der Waals surface area (Å²) in [6.45, 7) is 6.50. The number of unbranched alkanes of at least 4 members (excludes halogenated alkanes) is 28. The summed E-state index contributed by atoms with van der Waals surface area (Å²) in [5, 5.41) is 0. The van der Waals surface area contributed by atoms with Crippen LogP contribution in [0.2, 0.25) is 0 Å². The molecule has 0 heterocycles. The molecule has 6 nitrogen and oxygen atoms in total. The van der Waals surface area contributed by atoms with E-state index in [2.05, 4.69) is 93.7 Å². The molecule has 0 aromatic carbocycles. The van der Waals surface area contributed by atoms with E-state index in [4.69, 9.17) is 14.2 Å². The van der Waals surface area contributed by atoms with Gasteiger partial charge in [-0.2, -0.15) is 0 Å². The predicted octanol–water partition coefficient (Wildman–Crippen LogP) is 19.0. The average molecular weight is 936 g/mol. The fraction of sp³-hybridized carbons (Fsp3) is 0.754. The minimum Gasteiger partial charge on any atom is -0.462 e. The first-order valence-corrected chi connectivity index (χ1v) is 28.4. The Balaban J connectivity index is 4.43. The van der Waals surface area contributed by atoms with Crippen molar-refractivity contribution in [2.24, 2.45) is 0 Å². The van der Waals surface area contributed by atoms with E-state index in [9.17, 15) is 14.4 Å². The zero-order chi connectivity index (χ0) is 48.6. The monoisotopic (exact) mass is 935 g/mol. The summed E-state index contributed by atoms with van der Waals surface area (Å²) < 4.78 is 16.8. The number of hydrogen-bond donors (Lipinski definition) is 0. The Bertz CT molecular complexity index is 1260. The normalized spacial score (nSPS) is 12.6. The first-order chi connectivity index (χ1) is 33.0. The lowest BCUT2D eigenvalue weighted by Crippen LogP contribution is -2.30. The van der Waals surface area contributed by atoms with Crippen LogP contribution >= 0.6 is 0 Å². The van der Waals surface area contributed by atoms with Crippen molar-refractivity contribution in [3.63, 3.8) is 0 Å². The van der Waals surface area contributed by atoms with E-state index < -0.39 is 6.10 Å². The Morgan fingerprint density at radius 1 is 0.313 bits per heavy atom. The van der Waals surface area contributed by atoms with Gasteiger partial charge in [-0.25, -0.2) is 0 Å². The van der Waals surface area contributed by atoms with E-state index in [1.54, 1.807) is 0 Å². The molecule has 67 heavy (non-hydrogen) atoms. The van der Waals surface area contributed by atoms with E-state index in [0.29, 0.717) is 19.3 Å². The SMILES string of the molecule is CC/C=C\C/C=C\C/C=C\CCCCCCCCCC(=O)OCC(COC(=O)CCCCCCC/C=C\CCCCCCCCC)OC(=O)CCCCCCC/C=C\C/C=C\CCCCCC. The van der Waals surface area contributed by atoms with E-state index in [0.717, 1.165) is 116 Å². The van der Waals surface area contributed by atoms with Gasteiger partial charge < -0.3 is 14.2 Å². The van der Waals surface area contributed by atoms with Gasteiger partial charge in [0.25, 0.3) is 0 Å². The number of hydrogen-bond acceptors (Lipinski definition) is 6. The molecular formula is C61H106O6. The van der Waals surface area contributed by atoms with Crippen LogP contribution in [0.3, 0.4) is 0 Å². The van der Waals surface area contributed by atoms with Gasteiger partial charge in [-0.1, -0.05) is 222 Å². The third kappa shape index (κ3) is 53.7. The molecule has 0 aliphatic heterocycles. The number of ether oxygens (including phenoxy) is 3. The van der Waals surface area contributed by atoms with Crippen LogP contribution in [0.25, 0.3) is 0 Å². The van der Waals surface area contributed by atoms with Crippen LogP contribution in [0.4, 0.5) is 0 Å². The third-order valence-corrected chi connectivity index (χ3v) is 12.2. The summed E-state index contributed by atoms with van der Waals surface area (Å²) in [7, 11) is 0. The van der Waals surface area contributed by atoms with Crippen molar-refractivity contribution in [3.05, 3.63) is 72.9 Å². The lowest BCUT2D eigenvalue weighted by molar-refractivity contribution is -0.167. The van der Waals surface area contributed by atoms with E-state index in [1.165, 1.54) is 122 Å². The van der Waals surface area contributed by atoms with Crippen molar-refractivity contribution in [2.45, 2.75) is 284 Å². The van der Waals surface area contributed by atoms with Gasteiger partial charge in [0, 0.05) is 19.3 Å². The van der Waals surface area contributed by atoms with Crippen molar-refractivity contribution >= 4 is 17.9 Å². The average Bonchev–Trinajstić information content (AvgIpc) is 3.33. The molecule has 0 aliphatic rings. The van der Waals surface area contributed by atoms with Crippen LogP contribution in [0.5, 0.6) is 0 Å². The number of rotatable bonds is 51. The molecule has 0 amide bonds. The van der Waals surface area contributed by atoms with Crippen LogP contribution in [-0.4, -0.2) is 37.2 Å². The summed E-state index contributed by atoms with van der Waals surface area (Å²) in [5.74, 6) is -0.912. The summed E-state index contributed by atoms with van der Waals surface area (Å²) in [6, 6.07) is 0. The molecule has 0 aromatic rings. The summed E-state index contributed by atoms with van der Waals surface area (Å²) in [5.41, 5.74) is 0. The quantitative estimate of drug-likeness (QED) is 0.0262. The number of carbonyl (C=O) groups is 3. The predicted molar refractivity (Wildman–Crippen MR) is 288 cm³/mol. The van der Waals surface area contributed by atoms with Crippen LogP contribution in [0.15, 0.2) is 72.9 Å². The number of allylic oxidation sites excluding steroid dienone is 12. The molecule has 1 unspecified atom stereocenters. The molecule has 0 N–H and O–H groups in total. The Hall–Kier alpha value is -3.15. The first kappa shape index (κ1) is 63.8. The highest BCUT2D eigenvalue weighted by Crippen LogP contribution is 2.15. The maximum Gasteiger partial charge on any atom is 0.306 e. The van der Waals surface area contributed by atoms with Crippen molar-refractivity contribution in [1.29, 1.82) is 0 Å². The Morgan fingerprint density at radius 2 is 0.582 bits per heavy atom. The molecule has 0 spiro atoms. The van der Waals surface area contributed by atoms with Gasteiger partial charge >= 0.3 is 17.9 Å². The van der Waals surface area contributed by atoms with Crippen LogP contribution in [-0.2, 0) is 28.6 Å². The van der Waals surface area contributed by atoms with Gasteiger partial charge in [0.05, 0.1) is 0 Å². The summed E-state index contributed by atoms with van der Waals surface area (Å²) >= 11 is 0. The van der Waals surface area contributed by atoms with Crippen LogP contribution in [0, 0.1) is 0 Å². The molecule has 0 fully saturated rings. The lowest BCUT2D eigenvalue weighted by atomic mass is 10.1. The molecule has 0 saturated heterocycles. The molecule has 386 valence electrons. The Kier molecular flexibility index (Phi) is 52.8. The minimum absolute atomic E-state index is 0.0882. The second-order valence-corrected chi connectivity index (χ2v) is 18.8. The van der Waals surface area contributed by atoms with E-state index in [1.807, 2.05) is 0 Å². The van der Waals surface area contributed by atoms with Crippen LogP contribution < -0.4 is 0 Å². The highest BCUT2D eigenvalue weighted by Gasteiger charge is 2.19. The third-order valence-electron chi connectivity index (χ3n) is 12.2. The highest BCUT2D eigenvalue weighted by molar-refractivity contribution is 5.71. The molecule has 0 rings (SSSR count). The first-order valence-electron chi connectivity index (χ1n) is 28.4. The van der Waals surface area contributed by atoms with E-state index >= 15 is 0 Å². The van der Waals surface area contributed by atoms with Gasteiger partial charge in [0.1, 0.15) is 13.2 Å². The van der Waals surface area contributed by atoms with E-state index in [-0.39, 0.29) is 31.1 Å². The molecule has 1 atom stereocenters. The molecule has 0 saturated carbocycles. The fourth-order valence-electron chi connectivity index (χ4n) is 7.89. The van der Waals surface area contributed by atoms with Crippen LogP contribution in [0.1, 0.15) is 278 Å². The molecule has 0 aromatic heterocycles. The second kappa shape index (κ2) is 55.4. The molecule has 0 bridgehead atoms. The van der Waals surface area contributed by atoms with Gasteiger partial charge in [0.2, 0.25) is 0 Å². The number of carbonyl (C=O) groups excluding carboxylic acids is 3. The molecular weight excluding hydrogens is 829 g/mol. The maximum absolute atomic E-state index is 12.8. The van der Waals surface area contributed by atoms with Crippen molar-refractivity contribution in [1.82, 2.24) is 0 Å². The number of esters is 3. The molecule has 6 heteroatoms. The van der Waals surface area contributed by atoms with Gasteiger partial charge in [-0.05, 0) is 109 Å². The van der Waals surface area contributed by atoms with Crippen molar-refractivity contribution in [2.75, 3.05) is 13.2 Å². The standard InChI is InChI=1S/C61H106O6/c1-4-7-10-13-16-19-22-25-28-31-34-36-39-42-45-48-51-54-60(63)66-57-58(67-61(64)55-52-49-46-43-40-37-33-30-27-24-21-18-15-12-9-6-3)56-65-59(62)53-50-47-44-41-38-35-32-29-26-23-20-17-14-11-8-5-2/h7,10,16,19,21,24-25,28-30,32-33,58H,4-6,8-9,11-15,17-18,20,22-23,26-27,31,34-57H2,1-3H3/b10-7-,19-16-,24-21-,28-25-,32-29-,33-30-. The largest absolute Gasteiger partial charge is 0.462 e.